The van der Waals surface area contributed by atoms with Crippen LogP contribution in [-0.4, -0.2) is 20.5 Å². The first-order valence-corrected chi connectivity index (χ1v) is 10.0. The highest BCUT2D eigenvalue weighted by Crippen LogP contribution is 2.23. The Morgan fingerprint density at radius 2 is 2.13 bits per heavy atom. The Balaban J connectivity index is 3.12. The van der Waals surface area contributed by atoms with Gasteiger partial charge in [0.15, 0.2) is 0 Å². The molecule has 0 aromatic carbocycles. The molecule has 15 heavy (non-hydrogen) atoms. The Labute approximate surface area is 104 Å². The molecule has 1 amide bonds. The highest BCUT2D eigenvalue weighted by Gasteiger charge is 2.25. The van der Waals surface area contributed by atoms with Gasteiger partial charge in [0.25, 0.3) is 5.91 Å². The third-order valence-corrected chi connectivity index (χ3v) is 5.88. The van der Waals surface area contributed by atoms with E-state index in [1.54, 1.807) is 0 Å². The Morgan fingerprint density at radius 3 is 2.60 bits per heavy atom. The van der Waals surface area contributed by atoms with Crippen molar-refractivity contribution in [3.05, 3.63) is 14.7 Å². The first-order chi connectivity index (χ1) is 6.86. The molecule has 0 aliphatic heterocycles. The molecule has 1 N–H and O–H groups in total. The van der Waals surface area contributed by atoms with Crippen molar-refractivity contribution in [2.75, 3.05) is 6.54 Å². The van der Waals surface area contributed by atoms with E-state index in [0.29, 0.717) is 6.54 Å². The van der Waals surface area contributed by atoms with E-state index in [-0.39, 0.29) is 5.91 Å². The summed E-state index contributed by atoms with van der Waals surface area (Å²) in [5.74, 6) is 0.0608. The van der Waals surface area contributed by atoms with Crippen molar-refractivity contribution in [3.63, 3.8) is 0 Å². The molecular weight excluding hydrogens is 290 g/mol. The Hall–Kier alpha value is -0.133. The minimum atomic E-state index is -1.43. The SMILES string of the molecule is CCNC(=O)c1sc(Br)cc1[Si](C)(C)C. The molecule has 0 spiro atoms. The maximum absolute atomic E-state index is 11.8. The first kappa shape index (κ1) is 12.9. The number of halogens is 1. The van der Waals surface area contributed by atoms with Gasteiger partial charge in [0.05, 0.1) is 16.7 Å². The molecule has 0 aliphatic carbocycles. The van der Waals surface area contributed by atoms with E-state index in [4.69, 9.17) is 0 Å². The maximum atomic E-state index is 11.8. The number of thiophene rings is 1. The van der Waals surface area contributed by atoms with E-state index in [9.17, 15) is 4.79 Å². The normalized spacial score (nSPS) is 11.5. The average Bonchev–Trinajstić information content (AvgIpc) is 2.47. The molecule has 1 aromatic heterocycles. The molecule has 1 rings (SSSR count). The van der Waals surface area contributed by atoms with Crippen LogP contribution in [0.2, 0.25) is 19.6 Å². The van der Waals surface area contributed by atoms with Gasteiger partial charge in [-0.2, -0.15) is 0 Å². The van der Waals surface area contributed by atoms with Crippen molar-refractivity contribution in [1.82, 2.24) is 5.32 Å². The second-order valence-corrected chi connectivity index (χ2v) is 11.9. The second-order valence-electron chi connectivity index (χ2n) is 4.40. The second kappa shape index (κ2) is 4.80. The number of rotatable bonds is 3. The van der Waals surface area contributed by atoms with E-state index in [2.05, 4.69) is 47.0 Å². The van der Waals surface area contributed by atoms with E-state index in [0.717, 1.165) is 8.66 Å². The quantitative estimate of drug-likeness (QED) is 0.855. The van der Waals surface area contributed by atoms with Gasteiger partial charge in [0, 0.05) is 6.54 Å². The fourth-order valence-electron chi connectivity index (χ4n) is 1.33. The van der Waals surface area contributed by atoms with Crippen molar-refractivity contribution >= 4 is 46.4 Å². The summed E-state index contributed by atoms with van der Waals surface area (Å²) >= 11 is 4.98. The lowest BCUT2D eigenvalue weighted by Crippen LogP contribution is -2.41. The molecule has 0 radical (unpaired) electrons. The number of amides is 1. The predicted octanol–water partition coefficient (Wildman–Crippen LogP) is 2.81. The van der Waals surface area contributed by atoms with Gasteiger partial charge in [0.2, 0.25) is 0 Å². The molecule has 0 fully saturated rings. The summed E-state index contributed by atoms with van der Waals surface area (Å²) in [6, 6.07) is 2.10. The van der Waals surface area contributed by atoms with Crippen LogP contribution in [-0.2, 0) is 0 Å². The van der Waals surface area contributed by atoms with Crippen LogP contribution in [0.3, 0.4) is 0 Å². The molecule has 0 atom stereocenters. The third-order valence-electron chi connectivity index (χ3n) is 2.05. The summed E-state index contributed by atoms with van der Waals surface area (Å²) < 4.78 is 1.04. The van der Waals surface area contributed by atoms with Gasteiger partial charge in [-0.15, -0.1) is 11.3 Å². The predicted molar refractivity (Wildman–Crippen MR) is 73.0 cm³/mol. The standard InChI is InChI=1S/C10H16BrNOSSi/c1-5-12-10(13)9-7(15(2,3)4)6-8(11)14-9/h6H,5H2,1-4H3,(H,12,13). The molecule has 1 aromatic rings. The van der Waals surface area contributed by atoms with Crippen molar-refractivity contribution < 1.29 is 4.79 Å². The fourth-order valence-corrected chi connectivity index (χ4v) is 5.51. The molecule has 0 bridgehead atoms. The van der Waals surface area contributed by atoms with Gasteiger partial charge in [-0.25, -0.2) is 0 Å². The number of hydrogen-bond acceptors (Lipinski definition) is 2. The van der Waals surface area contributed by atoms with Crippen LogP contribution in [0.5, 0.6) is 0 Å². The van der Waals surface area contributed by atoms with Gasteiger partial charge in [-0.05, 0) is 34.1 Å². The van der Waals surface area contributed by atoms with E-state index < -0.39 is 8.07 Å². The highest BCUT2D eigenvalue weighted by atomic mass is 79.9. The molecular formula is C10H16BrNOSSi. The van der Waals surface area contributed by atoms with Crippen LogP contribution < -0.4 is 10.5 Å². The van der Waals surface area contributed by atoms with Crippen molar-refractivity contribution in [2.45, 2.75) is 26.6 Å². The zero-order valence-corrected chi connectivity index (χ0v) is 12.9. The van der Waals surface area contributed by atoms with E-state index in [1.807, 2.05) is 6.92 Å². The zero-order chi connectivity index (χ0) is 11.6. The Morgan fingerprint density at radius 1 is 1.53 bits per heavy atom. The number of carbonyl (C=O) groups is 1. The van der Waals surface area contributed by atoms with Crippen LogP contribution >= 0.6 is 27.3 Å². The topological polar surface area (TPSA) is 29.1 Å². The van der Waals surface area contributed by atoms with Crippen LogP contribution in [0.1, 0.15) is 16.6 Å². The van der Waals surface area contributed by atoms with Crippen molar-refractivity contribution in [1.29, 1.82) is 0 Å². The molecule has 5 heteroatoms. The lowest BCUT2D eigenvalue weighted by Gasteiger charge is -2.16. The minimum absolute atomic E-state index is 0.0608. The lowest BCUT2D eigenvalue weighted by atomic mass is 10.4. The summed E-state index contributed by atoms with van der Waals surface area (Å²) in [6.45, 7) is 9.38. The first-order valence-electron chi connectivity index (χ1n) is 4.94. The third kappa shape index (κ3) is 3.16. The van der Waals surface area contributed by atoms with Gasteiger partial charge >= 0.3 is 0 Å². The molecule has 0 saturated heterocycles. The highest BCUT2D eigenvalue weighted by molar-refractivity contribution is 9.11. The van der Waals surface area contributed by atoms with Crippen molar-refractivity contribution in [2.24, 2.45) is 0 Å². The molecule has 0 aliphatic rings. The summed E-state index contributed by atoms with van der Waals surface area (Å²) in [4.78, 5) is 12.7. The van der Waals surface area contributed by atoms with E-state index in [1.165, 1.54) is 16.5 Å². The van der Waals surface area contributed by atoms with E-state index >= 15 is 0 Å². The van der Waals surface area contributed by atoms with Crippen LogP contribution in [0, 0.1) is 0 Å². The molecule has 0 unspecified atom stereocenters. The van der Waals surface area contributed by atoms with Crippen molar-refractivity contribution in [3.8, 4) is 0 Å². The summed E-state index contributed by atoms with van der Waals surface area (Å²) in [5, 5.41) is 4.10. The monoisotopic (exact) mass is 305 g/mol. The summed E-state index contributed by atoms with van der Waals surface area (Å²) in [5.41, 5.74) is 0. The molecule has 2 nitrogen and oxygen atoms in total. The zero-order valence-electron chi connectivity index (χ0n) is 9.48. The summed E-state index contributed by atoms with van der Waals surface area (Å²) in [7, 11) is -1.43. The number of nitrogens with one attached hydrogen (secondary N) is 1. The van der Waals surface area contributed by atoms with Gasteiger partial charge in [-0.1, -0.05) is 19.6 Å². The lowest BCUT2D eigenvalue weighted by molar-refractivity contribution is 0.0961. The van der Waals surface area contributed by atoms with Crippen LogP contribution in [0.15, 0.2) is 9.85 Å². The minimum Gasteiger partial charge on any atom is -0.352 e. The number of carbonyl (C=O) groups excluding carboxylic acids is 1. The molecule has 0 saturated carbocycles. The smallest absolute Gasteiger partial charge is 0.261 e. The Bertz CT molecular complexity index is 370. The molecule has 84 valence electrons. The van der Waals surface area contributed by atoms with Gasteiger partial charge < -0.3 is 5.32 Å². The molecule has 1 heterocycles. The Kier molecular flexibility index (Phi) is 4.14. The summed E-state index contributed by atoms with van der Waals surface area (Å²) in [6.07, 6.45) is 0. The van der Waals surface area contributed by atoms with Crippen LogP contribution in [0.25, 0.3) is 0 Å². The van der Waals surface area contributed by atoms with Gasteiger partial charge in [-0.3, -0.25) is 4.79 Å². The largest absolute Gasteiger partial charge is 0.352 e. The van der Waals surface area contributed by atoms with Crippen LogP contribution in [0.4, 0.5) is 0 Å². The number of hydrogen-bond donors (Lipinski definition) is 1. The average molecular weight is 306 g/mol. The fraction of sp³-hybridized carbons (Fsp3) is 0.500. The maximum Gasteiger partial charge on any atom is 0.261 e. The van der Waals surface area contributed by atoms with Gasteiger partial charge in [0.1, 0.15) is 0 Å².